The molecule has 21 heavy (non-hydrogen) atoms. The minimum absolute atomic E-state index is 0.218. The van der Waals surface area contributed by atoms with Crippen LogP contribution in [-0.4, -0.2) is 18.7 Å². The van der Waals surface area contributed by atoms with Crippen molar-refractivity contribution < 1.29 is 4.74 Å². The Morgan fingerprint density at radius 2 is 1.86 bits per heavy atom. The van der Waals surface area contributed by atoms with Gasteiger partial charge in [0.05, 0.1) is 6.61 Å². The highest BCUT2D eigenvalue weighted by molar-refractivity contribution is 5.39. The Hall–Kier alpha value is -1.02. The first-order chi connectivity index (χ1) is 9.75. The smallest absolute Gasteiger partial charge is 0.122 e. The third-order valence-electron chi connectivity index (χ3n) is 4.30. The number of rotatable bonds is 6. The lowest BCUT2D eigenvalue weighted by molar-refractivity contribution is 0.284. The first-order valence-electron chi connectivity index (χ1n) is 8.25. The molecule has 0 saturated carbocycles. The van der Waals surface area contributed by atoms with E-state index in [2.05, 4.69) is 58.1 Å². The van der Waals surface area contributed by atoms with Gasteiger partial charge in [-0.05, 0) is 69.2 Å². The third-order valence-corrected chi connectivity index (χ3v) is 4.30. The molecule has 1 heterocycles. The summed E-state index contributed by atoms with van der Waals surface area (Å²) in [6.07, 6.45) is 4.69. The predicted molar refractivity (Wildman–Crippen MR) is 90.1 cm³/mol. The summed E-state index contributed by atoms with van der Waals surface area (Å²) in [6, 6.07) is 6.71. The molecule has 0 aromatic heterocycles. The monoisotopic (exact) mass is 289 g/mol. The molecule has 0 fully saturated rings. The maximum Gasteiger partial charge on any atom is 0.122 e. The topological polar surface area (TPSA) is 21.3 Å². The van der Waals surface area contributed by atoms with Crippen molar-refractivity contribution in [3.63, 3.8) is 0 Å². The van der Waals surface area contributed by atoms with E-state index in [1.54, 1.807) is 0 Å². The van der Waals surface area contributed by atoms with E-state index in [0.29, 0.717) is 5.41 Å². The Bertz CT molecular complexity index is 471. The molecule has 118 valence electrons. The van der Waals surface area contributed by atoms with Crippen molar-refractivity contribution >= 4 is 0 Å². The van der Waals surface area contributed by atoms with E-state index in [0.717, 1.165) is 31.7 Å². The zero-order chi connectivity index (χ0) is 15.5. The molecule has 1 aliphatic rings. The van der Waals surface area contributed by atoms with Gasteiger partial charge < -0.3 is 10.1 Å². The van der Waals surface area contributed by atoms with E-state index in [9.17, 15) is 0 Å². The maximum atomic E-state index is 5.58. The Balaban J connectivity index is 1.81. The first-order valence-corrected chi connectivity index (χ1v) is 8.25. The van der Waals surface area contributed by atoms with Crippen molar-refractivity contribution in [1.29, 1.82) is 0 Å². The number of hydrogen-bond acceptors (Lipinski definition) is 2. The van der Waals surface area contributed by atoms with Crippen LogP contribution < -0.4 is 10.1 Å². The third kappa shape index (κ3) is 5.35. The van der Waals surface area contributed by atoms with Gasteiger partial charge >= 0.3 is 0 Å². The summed E-state index contributed by atoms with van der Waals surface area (Å²) in [7, 11) is 0. The van der Waals surface area contributed by atoms with Gasteiger partial charge in [0, 0.05) is 12.0 Å². The molecule has 2 heteroatoms. The second-order valence-electron chi connectivity index (χ2n) is 8.13. The maximum absolute atomic E-state index is 5.58. The van der Waals surface area contributed by atoms with Crippen LogP contribution in [-0.2, 0) is 12.8 Å². The zero-order valence-electron chi connectivity index (χ0n) is 14.4. The zero-order valence-corrected chi connectivity index (χ0v) is 14.4. The van der Waals surface area contributed by atoms with Gasteiger partial charge in [0.15, 0.2) is 0 Å². The molecular weight excluding hydrogens is 258 g/mol. The summed E-state index contributed by atoms with van der Waals surface area (Å²) in [5, 5.41) is 3.59. The highest BCUT2D eigenvalue weighted by atomic mass is 16.5. The highest BCUT2D eigenvalue weighted by Crippen LogP contribution is 2.30. The fourth-order valence-corrected chi connectivity index (χ4v) is 2.78. The average Bonchev–Trinajstić information content (AvgIpc) is 2.82. The summed E-state index contributed by atoms with van der Waals surface area (Å²) in [6.45, 7) is 13.4. The molecule has 0 unspecified atom stereocenters. The standard InChI is InChI=1S/C19H31NO/c1-18(2,3)20-12-11-19(4,5)10-8-15-6-7-17-16(14-15)9-13-21-17/h6-7,14,20H,8-13H2,1-5H3. The molecule has 2 nitrogen and oxygen atoms in total. The molecule has 1 aromatic carbocycles. The van der Waals surface area contributed by atoms with Gasteiger partial charge in [-0.25, -0.2) is 0 Å². The molecule has 0 saturated heterocycles. The van der Waals surface area contributed by atoms with Crippen LogP contribution in [0.3, 0.4) is 0 Å². The molecule has 1 aromatic rings. The summed E-state index contributed by atoms with van der Waals surface area (Å²) in [4.78, 5) is 0. The second kappa shape index (κ2) is 6.39. The molecule has 0 spiro atoms. The number of nitrogens with one attached hydrogen (secondary N) is 1. The van der Waals surface area contributed by atoms with Crippen LogP contribution in [0.25, 0.3) is 0 Å². The van der Waals surface area contributed by atoms with Gasteiger partial charge in [0.25, 0.3) is 0 Å². The highest BCUT2D eigenvalue weighted by Gasteiger charge is 2.19. The number of ether oxygens (including phenoxy) is 1. The van der Waals surface area contributed by atoms with Crippen molar-refractivity contribution in [1.82, 2.24) is 5.32 Å². The predicted octanol–water partition coefficient (Wildman–Crippen LogP) is 4.36. The number of benzene rings is 1. The number of aryl methyl sites for hydroxylation is 1. The van der Waals surface area contributed by atoms with Crippen LogP contribution in [0.5, 0.6) is 5.75 Å². The first kappa shape index (κ1) is 16.4. The Labute approximate surface area is 130 Å². The number of hydrogen-bond donors (Lipinski definition) is 1. The normalized spacial score (nSPS) is 14.9. The molecule has 2 rings (SSSR count). The molecule has 0 aliphatic carbocycles. The van der Waals surface area contributed by atoms with E-state index >= 15 is 0 Å². The van der Waals surface area contributed by atoms with Gasteiger partial charge in [-0.15, -0.1) is 0 Å². The van der Waals surface area contributed by atoms with Crippen LogP contribution >= 0.6 is 0 Å². The fourth-order valence-electron chi connectivity index (χ4n) is 2.78. The Morgan fingerprint density at radius 1 is 1.10 bits per heavy atom. The summed E-state index contributed by atoms with van der Waals surface area (Å²) in [5.41, 5.74) is 3.44. The Morgan fingerprint density at radius 3 is 2.57 bits per heavy atom. The average molecular weight is 289 g/mol. The van der Waals surface area contributed by atoms with Crippen LogP contribution in [0.2, 0.25) is 0 Å². The summed E-state index contributed by atoms with van der Waals surface area (Å²) in [5.74, 6) is 1.09. The summed E-state index contributed by atoms with van der Waals surface area (Å²) >= 11 is 0. The van der Waals surface area contributed by atoms with Gasteiger partial charge in [0.2, 0.25) is 0 Å². The largest absolute Gasteiger partial charge is 0.493 e. The second-order valence-corrected chi connectivity index (χ2v) is 8.13. The van der Waals surface area contributed by atoms with Crippen LogP contribution in [0, 0.1) is 5.41 Å². The van der Waals surface area contributed by atoms with Crippen molar-refractivity contribution in [2.75, 3.05) is 13.2 Å². The van der Waals surface area contributed by atoms with E-state index in [4.69, 9.17) is 4.74 Å². The van der Waals surface area contributed by atoms with Gasteiger partial charge in [0.1, 0.15) is 5.75 Å². The molecular formula is C19H31NO. The van der Waals surface area contributed by atoms with Crippen LogP contribution in [0.15, 0.2) is 18.2 Å². The molecule has 0 amide bonds. The van der Waals surface area contributed by atoms with Crippen molar-refractivity contribution in [3.8, 4) is 5.75 Å². The van der Waals surface area contributed by atoms with Crippen molar-refractivity contribution in [2.45, 2.75) is 65.8 Å². The molecule has 1 N–H and O–H groups in total. The quantitative estimate of drug-likeness (QED) is 0.840. The minimum Gasteiger partial charge on any atom is -0.493 e. The van der Waals surface area contributed by atoms with Gasteiger partial charge in [-0.2, -0.15) is 0 Å². The molecule has 0 atom stereocenters. The van der Waals surface area contributed by atoms with Gasteiger partial charge in [-0.1, -0.05) is 26.0 Å². The van der Waals surface area contributed by atoms with E-state index in [1.165, 1.54) is 24.0 Å². The molecule has 0 radical (unpaired) electrons. The van der Waals surface area contributed by atoms with Gasteiger partial charge in [-0.3, -0.25) is 0 Å². The lowest BCUT2D eigenvalue weighted by Gasteiger charge is -2.28. The lowest BCUT2D eigenvalue weighted by Crippen LogP contribution is -2.38. The van der Waals surface area contributed by atoms with Crippen LogP contribution in [0.4, 0.5) is 0 Å². The van der Waals surface area contributed by atoms with Crippen molar-refractivity contribution in [2.24, 2.45) is 5.41 Å². The van der Waals surface area contributed by atoms with Crippen LogP contribution in [0.1, 0.15) is 58.6 Å². The minimum atomic E-state index is 0.218. The lowest BCUT2D eigenvalue weighted by atomic mass is 9.83. The fraction of sp³-hybridized carbons (Fsp3) is 0.684. The molecule has 0 bridgehead atoms. The van der Waals surface area contributed by atoms with E-state index < -0.39 is 0 Å². The van der Waals surface area contributed by atoms with Crippen molar-refractivity contribution in [3.05, 3.63) is 29.3 Å². The molecule has 1 aliphatic heterocycles. The SMILES string of the molecule is CC(C)(CCNC(C)(C)C)CCc1ccc2c(c1)CCO2. The number of fused-ring (bicyclic) bond motifs is 1. The Kier molecular flexibility index (Phi) is 4.98. The van der Waals surface area contributed by atoms with E-state index in [-0.39, 0.29) is 5.54 Å². The summed E-state index contributed by atoms with van der Waals surface area (Å²) < 4.78 is 5.58. The van der Waals surface area contributed by atoms with E-state index in [1.807, 2.05) is 0 Å².